The fraction of sp³-hybridized carbons (Fsp3) is 0.500. The summed E-state index contributed by atoms with van der Waals surface area (Å²) in [5.74, 6) is 0. The molecule has 2 unspecified atom stereocenters. The topological polar surface area (TPSA) is 24.1 Å². The highest BCUT2D eigenvalue weighted by atomic mass is 15.1. The fourth-order valence-electron chi connectivity index (χ4n) is 2.68. The van der Waals surface area contributed by atoms with Crippen LogP contribution >= 0.6 is 0 Å². The average Bonchev–Trinajstić information content (AvgIpc) is 2.33. The second kappa shape index (κ2) is 3.07. The van der Waals surface area contributed by atoms with Crippen molar-refractivity contribution < 1.29 is 0 Å². The Kier molecular flexibility index (Phi) is 1.85. The van der Waals surface area contributed by atoms with Crippen LogP contribution in [0.5, 0.6) is 0 Å². The minimum Gasteiger partial charge on any atom is -0.311 e. The van der Waals surface area contributed by atoms with Crippen LogP contribution in [-0.2, 0) is 5.54 Å². The SMILES string of the molecule is c1ccc(C23CCC(CN2)NC3)cc1. The summed E-state index contributed by atoms with van der Waals surface area (Å²) in [5.41, 5.74) is 1.65. The van der Waals surface area contributed by atoms with Gasteiger partial charge in [0.05, 0.1) is 5.54 Å². The Balaban J connectivity index is 1.96. The lowest BCUT2D eigenvalue weighted by Gasteiger charge is -2.48. The summed E-state index contributed by atoms with van der Waals surface area (Å²) in [6.45, 7) is 2.20. The molecule has 74 valence electrons. The molecule has 2 N–H and O–H groups in total. The standard InChI is InChI=1S/C12H16N2/c1-2-4-10(5-3-1)12-7-6-11(8-14-12)13-9-12/h1-5,11,13-14H,6-9H2. The van der Waals surface area contributed by atoms with E-state index in [9.17, 15) is 0 Å². The molecule has 0 aromatic heterocycles. The van der Waals surface area contributed by atoms with Gasteiger partial charge in [-0.1, -0.05) is 30.3 Å². The molecule has 2 bridgehead atoms. The van der Waals surface area contributed by atoms with E-state index < -0.39 is 0 Å². The van der Waals surface area contributed by atoms with E-state index in [1.54, 1.807) is 0 Å². The summed E-state index contributed by atoms with van der Waals surface area (Å²) in [6.07, 6.45) is 2.58. The van der Waals surface area contributed by atoms with Crippen LogP contribution in [0.25, 0.3) is 0 Å². The highest BCUT2D eigenvalue weighted by Crippen LogP contribution is 2.33. The lowest BCUT2D eigenvalue weighted by Crippen LogP contribution is -2.65. The molecule has 3 saturated heterocycles. The third-order valence-electron chi connectivity index (χ3n) is 3.63. The van der Waals surface area contributed by atoms with Crippen LogP contribution in [0, 0.1) is 0 Å². The minimum atomic E-state index is 0.218. The molecular weight excluding hydrogens is 172 g/mol. The Morgan fingerprint density at radius 3 is 2.64 bits per heavy atom. The number of hydrogen-bond donors (Lipinski definition) is 2. The van der Waals surface area contributed by atoms with E-state index >= 15 is 0 Å². The summed E-state index contributed by atoms with van der Waals surface area (Å²) >= 11 is 0. The van der Waals surface area contributed by atoms with Crippen molar-refractivity contribution in [1.82, 2.24) is 10.6 Å². The monoisotopic (exact) mass is 188 g/mol. The van der Waals surface area contributed by atoms with Crippen molar-refractivity contribution in [3.05, 3.63) is 35.9 Å². The van der Waals surface area contributed by atoms with Crippen LogP contribution in [0.3, 0.4) is 0 Å². The maximum atomic E-state index is 3.69. The second-order valence-electron chi connectivity index (χ2n) is 4.45. The van der Waals surface area contributed by atoms with Crippen LogP contribution in [0.1, 0.15) is 18.4 Å². The molecule has 1 aromatic carbocycles. The maximum Gasteiger partial charge on any atom is 0.0562 e. The number of fused-ring (bicyclic) bond motifs is 3. The number of nitrogens with one attached hydrogen (secondary N) is 2. The molecule has 3 fully saturated rings. The van der Waals surface area contributed by atoms with Crippen molar-refractivity contribution in [1.29, 1.82) is 0 Å². The van der Waals surface area contributed by atoms with Gasteiger partial charge in [-0.15, -0.1) is 0 Å². The van der Waals surface area contributed by atoms with Crippen molar-refractivity contribution in [2.45, 2.75) is 24.4 Å². The Morgan fingerprint density at radius 2 is 2.07 bits per heavy atom. The molecule has 0 saturated carbocycles. The molecule has 4 rings (SSSR count). The van der Waals surface area contributed by atoms with E-state index in [0.717, 1.165) is 13.1 Å². The van der Waals surface area contributed by atoms with Gasteiger partial charge >= 0.3 is 0 Å². The normalized spacial score (nSPS) is 35.9. The molecule has 0 spiro atoms. The molecule has 0 radical (unpaired) electrons. The van der Waals surface area contributed by atoms with Crippen molar-refractivity contribution in [2.24, 2.45) is 0 Å². The number of hydrogen-bond acceptors (Lipinski definition) is 2. The molecule has 3 aliphatic heterocycles. The molecule has 14 heavy (non-hydrogen) atoms. The minimum absolute atomic E-state index is 0.218. The van der Waals surface area contributed by atoms with Gasteiger partial charge in [-0.3, -0.25) is 0 Å². The van der Waals surface area contributed by atoms with E-state index in [1.165, 1.54) is 18.4 Å². The average molecular weight is 188 g/mol. The first-order valence-corrected chi connectivity index (χ1v) is 5.43. The largest absolute Gasteiger partial charge is 0.311 e. The predicted molar refractivity (Wildman–Crippen MR) is 57.1 cm³/mol. The number of piperazine rings is 1. The number of benzene rings is 1. The molecule has 0 aliphatic carbocycles. The van der Waals surface area contributed by atoms with Gasteiger partial charge in [-0.25, -0.2) is 0 Å². The van der Waals surface area contributed by atoms with E-state index in [-0.39, 0.29) is 5.54 Å². The molecule has 3 heterocycles. The highest BCUT2D eigenvalue weighted by Gasteiger charge is 2.40. The zero-order chi connectivity index (χ0) is 9.43. The summed E-state index contributed by atoms with van der Waals surface area (Å²) < 4.78 is 0. The Labute approximate surface area is 84.7 Å². The Hall–Kier alpha value is -0.860. The van der Waals surface area contributed by atoms with Crippen LogP contribution in [0.15, 0.2) is 30.3 Å². The zero-order valence-corrected chi connectivity index (χ0v) is 8.29. The van der Waals surface area contributed by atoms with Crippen LogP contribution < -0.4 is 10.6 Å². The second-order valence-corrected chi connectivity index (χ2v) is 4.45. The smallest absolute Gasteiger partial charge is 0.0562 e. The van der Waals surface area contributed by atoms with Gasteiger partial charge in [0, 0.05) is 19.1 Å². The van der Waals surface area contributed by atoms with E-state index in [0.29, 0.717) is 6.04 Å². The van der Waals surface area contributed by atoms with Crippen molar-refractivity contribution in [3.8, 4) is 0 Å². The lowest BCUT2D eigenvalue weighted by molar-refractivity contribution is 0.150. The first-order valence-electron chi connectivity index (χ1n) is 5.43. The van der Waals surface area contributed by atoms with Crippen LogP contribution in [-0.4, -0.2) is 19.1 Å². The predicted octanol–water partition coefficient (Wildman–Crippen LogP) is 1.24. The van der Waals surface area contributed by atoms with Crippen molar-refractivity contribution >= 4 is 0 Å². The molecule has 2 atom stereocenters. The molecule has 0 amide bonds. The van der Waals surface area contributed by atoms with Gasteiger partial charge in [0.15, 0.2) is 0 Å². The molecule has 1 aromatic rings. The summed E-state index contributed by atoms with van der Waals surface area (Å²) in [6, 6.07) is 11.5. The Morgan fingerprint density at radius 1 is 1.21 bits per heavy atom. The van der Waals surface area contributed by atoms with Gasteiger partial charge in [-0.2, -0.15) is 0 Å². The maximum absolute atomic E-state index is 3.69. The molecule has 2 nitrogen and oxygen atoms in total. The lowest BCUT2D eigenvalue weighted by atomic mass is 9.77. The van der Waals surface area contributed by atoms with Crippen LogP contribution in [0.2, 0.25) is 0 Å². The third kappa shape index (κ3) is 1.18. The third-order valence-corrected chi connectivity index (χ3v) is 3.63. The van der Waals surface area contributed by atoms with Gasteiger partial charge in [-0.05, 0) is 18.4 Å². The van der Waals surface area contributed by atoms with Gasteiger partial charge in [0.1, 0.15) is 0 Å². The first-order chi connectivity index (χ1) is 6.89. The van der Waals surface area contributed by atoms with E-state index in [2.05, 4.69) is 41.0 Å². The van der Waals surface area contributed by atoms with Crippen molar-refractivity contribution in [2.75, 3.05) is 13.1 Å². The Bertz CT molecular complexity index is 299. The molecule has 2 heteroatoms. The van der Waals surface area contributed by atoms with Gasteiger partial charge in [0.25, 0.3) is 0 Å². The number of rotatable bonds is 1. The fourth-order valence-corrected chi connectivity index (χ4v) is 2.68. The quantitative estimate of drug-likeness (QED) is 0.693. The number of piperidine rings is 2. The van der Waals surface area contributed by atoms with Crippen molar-refractivity contribution in [3.63, 3.8) is 0 Å². The van der Waals surface area contributed by atoms with Gasteiger partial charge in [0.2, 0.25) is 0 Å². The summed E-state index contributed by atoms with van der Waals surface area (Å²) in [7, 11) is 0. The van der Waals surface area contributed by atoms with E-state index in [4.69, 9.17) is 0 Å². The van der Waals surface area contributed by atoms with E-state index in [1.807, 2.05) is 0 Å². The summed E-state index contributed by atoms with van der Waals surface area (Å²) in [5, 5.41) is 7.28. The van der Waals surface area contributed by atoms with Gasteiger partial charge < -0.3 is 10.6 Å². The molecular formula is C12H16N2. The zero-order valence-electron chi connectivity index (χ0n) is 8.29. The highest BCUT2D eigenvalue weighted by molar-refractivity contribution is 5.27. The molecule has 3 aliphatic rings. The summed E-state index contributed by atoms with van der Waals surface area (Å²) in [4.78, 5) is 0. The van der Waals surface area contributed by atoms with Crippen LogP contribution in [0.4, 0.5) is 0 Å². The first kappa shape index (κ1) is 8.45.